The number of rotatable bonds is 2. The highest BCUT2D eigenvalue weighted by molar-refractivity contribution is 5.95. The van der Waals surface area contributed by atoms with Crippen LogP contribution in [0.2, 0.25) is 0 Å². The number of halogens is 2. The van der Waals surface area contributed by atoms with Crippen LogP contribution < -0.4 is 5.32 Å². The molecule has 82 valence electrons. The Morgan fingerprint density at radius 2 is 2.00 bits per heavy atom. The number of hydrogen-bond acceptors (Lipinski definition) is 3. The maximum absolute atomic E-state index is 13.2. The van der Waals surface area contributed by atoms with Gasteiger partial charge in [-0.1, -0.05) is 0 Å². The van der Waals surface area contributed by atoms with Gasteiger partial charge >= 0.3 is 0 Å². The zero-order chi connectivity index (χ0) is 11.6. The van der Waals surface area contributed by atoms with E-state index in [4.69, 9.17) is 10.2 Å². The normalized spacial score (nSPS) is 10.1. The number of phenols is 2. The van der Waals surface area contributed by atoms with Gasteiger partial charge in [0.2, 0.25) is 0 Å². The van der Waals surface area contributed by atoms with Crippen molar-refractivity contribution in [3.05, 3.63) is 23.3 Å². The molecule has 0 bridgehead atoms. The first-order chi connectivity index (χ1) is 6.99. The Hall–Kier alpha value is -1.85. The van der Waals surface area contributed by atoms with Gasteiger partial charge in [-0.25, -0.2) is 8.78 Å². The molecule has 0 aromatic heterocycles. The molecule has 0 saturated heterocycles. The molecule has 1 rings (SSSR count). The molecule has 1 aromatic rings. The van der Waals surface area contributed by atoms with Gasteiger partial charge in [0.05, 0.1) is 5.56 Å². The number of amides is 1. The van der Waals surface area contributed by atoms with E-state index >= 15 is 0 Å². The minimum absolute atomic E-state index is 0.238. The lowest BCUT2D eigenvalue weighted by atomic mass is 10.1. The van der Waals surface area contributed by atoms with E-state index in [1.165, 1.54) is 0 Å². The SMILES string of the molecule is CCNC(=O)c1cc(F)c(O)c(O)c1F. The van der Waals surface area contributed by atoms with Gasteiger partial charge in [-0.3, -0.25) is 4.79 Å². The van der Waals surface area contributed by atoms with Crippen molar-refractivity contribution in [1.82, 2.24) is 5.32 Å². The van der Waals surface area contributed by atoms with Crippen molar-refractivity contribution in [2.24, 2.45) is 0 Å². The van der Waals surface area contributed by atoms with E-state index in [1.807, 2.05) is 0 Å². The molecule has 0 radical (unpaired) electrons. The minimum Gasteiger partial charge on any atom is -0.502 e. The van der Waals surface area contributed by atoms with E-state index in [1.54, 1.807) is 6.92 Å². The first-order valence-corrected chi connectivity index (χ1v) is 4.17. The number of benzene rings is 1. The van der Waals surface area contributed by atoms with Gasteiger partial charge < -0.3 is 15.5 Å². The van der Waals surface area contributed by atoms with E-state index in [9.17, 15) is 13.6 Å². The monoisotopic (exact) mass is 217 g/mol. The molecule has 0 aliphatic carbocycles. The number of phenolic OH excluding ortho intramolecular Hbond substituents is 2. The second kappa shape index (κ2) is 4.12. The van der Waals surface area contributed by atoms with Crippen molar-refractivity contribution < 1.29 is 23.8 Å². The first-order valence-electron chi connectivity index (χ1n) is 4.17. The molecule has 0 saturated carbocycles. The predicted octanol–water partition coefficient (Wildman–Crippen LogP) is 1.13. The van der Waals surface area contributed by atoms with E-state index in [2.05, 4.69) is 5.32 Å². The Morgan fingerprint density at radius 3 is 2.53 bits per heavy atom. The van der Waals surface area contributed by atoms with Gasteiger partial charge in [-0.15, -0.1) is 0 Å². The Morgan fingerprint density at radius 1 is 1.40 bits per heavy atom. The van der Waals surface area contributed by atoms with Crippen molar-refractivity contribution in [2.75, 3.05) is 6.54 Å². The van der Waals surface area contributed by atoms with Gasteiger partial charge in [0.25, 0.3) is 5.91 Å². The summed E-state index contributed by atoms with van der Waals surface area (Å²) in [6, 6.07) is 0.523. The quantitative estimate of drug-likeness (QED) is 0.650. The zero-order valence-corrected chi connectivity index (χ0v) is 7.84. The third-order valence-corrected chi connectivity index (χ3v) is 1.75. The van der Waals surface area contributed by atoms with Crippen LogP contribution in [0.15, 0.2) is 6.07 Å². The Kier molecular flexibility index (Phi) is 3.08. The fraction of sp³-hybridized carbons (Fsp3) is 0.222. The summed E-state index contributed by atoms with van der Waals surface area (Å²) in [5.41, 5.74) is -0.648. The molecule has 0 atom stereocenters. The van der Waals surface area contributed by atoms with Crippen molar-refractivity contribution >= 4 is 5.91 Å². The maximum Gasteiger partial charge on any atom is 0.254 e. The number of hydrogen-bond donors (Lipinski definition) is 3. The molecule has 0 heterocycles. The molecular formula is C9H9F2NO3. The lowest BCUT2D eigenvalue weighted by Crippen LogP contribution is -2.23. The topological polar surface area (TPSA) is 69.6 Å². The highest BCUT2D eigenvalue weighted by Gasteiger charge is 2.21. The molecule has 15 heavy (non-hydrogen) atoms. The number of aromatic hydroxyl groups is 2. The molecule has 0 aliphatic heterocycles. The number of carbonyl (C=O) groups excluding carboxylic acids is 1. The average Bonchev–Trinajstić information content (AvgIpc) is 2.20. The lowest BCUT2D eigenvalue weighted by molar-refractivity contribution is 0.0950. The molecule has 0 spiro atoms. The minimum atomic E-state index is -1.35. The largest absolute Gasteiger partial charge is 0.502 e. The Balaban J connectivity index is 3.26. The van der Waals surface area contributed by atoms with Gasteiger partial charge in [0.1, 0.15) is 0 Å². The third kappa shape index (κ3) is 1.98. The smallest absolute Gasteiger partial charge is 0.254 e. The molecule has 0 aliphatic rings. The van der Waals surface area contributed by atoms with Crippen LogP contribution in [-0.2, 0) is 0 Å². The molecular weight excluding hydrogens is 208 g/mol. The molecule has 0 fully saturated rings. The molecule has 4 nitrogen and oxygen atoms in total. The summed E-state index contributed by atoms with van der Waals surface area (Å²) in [4.78, 5) is 11.2. The summed E-state index contributed by atoms with van der Waals surface area (Å²) < 4.78 is 26.0. The first kappa shape index (κ1) is 11.2. The fourth-order valence-electron chi connectivity index (χ4n) is 1.02. The summed E-state index contributed by atoms with van der Waals surface area (Å²) in [5, 5.41) is 20.0. The average molecular weight is 217 g/mol. The summed E-state index contributed by atoms with van der Waals surface area (Å²) in [6.07, 6.45) is 0. The summed E-state index contributed by atoms with van der Waals surface area (Å²) in [7, 11) is 0. The van der Waals surface area contributed by atoms with E-state index in [0.29, 0.717) is 6.07 Å². The lowest BCUT2D eigenvalue weighted by Gasteiger charge is -2.06. The van der Waals surface area contributed by atoms with Gasteiger partial charge in [-0.2, -0.15) is 0 Å². The summed E-state index contributed by atoms with van der Waals surface area (Å²) in [6.45, 7) is 1.84. The van der Waals surface area contributed by atoms with Crippen LogP contribution in [0.25, 0.3) is 0 Å². The highest BCUT2D eigenvalue weighted by Crippen LogP contribution is 2.32. The van der Waals surface area contributed by atoms with Crippen LogP contribution in [-0.4, -0.2) is 22.7 Å². The standard InChI is InChI=1S/C9H9F2NO3/c1-2-12-9(15)4-3-5(10)7(13)8(14)6(4)11/h3,13-14H,2H2,1H3,(H,12,15). The molecule has 3 N–H and O–H groups in total. The Labute approximate surface area is 84.2 Å². The molecule has 0 unspecified atom stereocenters. The molecule has 1 amide bonds. The van der Waals surface area contributed by atoms with E-state index in [-0.39, 0.29) is 6.54 Å². The zero-order valence-electron chi connectivity index (χ0n) is 7.84. The van der Waals surface area contributed by atoms with Crippen LogP contribution in [0.3, 0.4) is 0 Å². The van der Waals surface area contributed by atoms with Gasteiger partial charge in [0, 0.05) is 6.54 Å². The van der Waals surface area contributed by atoms with Gasteiger partial charge in [0.15, 0.2) is 23.1 Å². The maximum atomic E-state index is 13.2. The fourth-order valence-corrected chi connectivity index (χ4v) is 1.02. The van der Waals surface area contributed by atoms with Crippen LogP contribution in [0.5, 0.6) is 11.5 Å². The van der Waals surface area contributed by atoms with Crippen LogP contribution in [0.1, 0.15) is 17.3 Å². The molecule has 6 heteroatoms. The van der Waals surface area contributed by atoms with Crippen molar-refractivity contribution in [2.45, 2.75) is 6.92 Å². The second-order valence-electron chi connectivity index (χ2n) is 2.78. The van der Waals surface area contributed by atoms with Crippen molar-refractivity contribution in [3.8, 4) is 11.5 Å². The van der Waals surface area contributed by atoms with Crippen molar-refractivity contribution in [1.29, 1.82) is 0 Å². The Bertz CT molecular complexity index is 407. The van der Waals surface area contributed by atoms with Crippen LogP contribution in [0, 0.1) is 11.6 Å². The van der Waals surface area contributed by atoms with Gasteiger partial charge in [-0.05, 0) is 13.0 Å². The van der Waals surface area contributed by atoms with Crippen LogP contribution in [0.4, 0.5) is 8.78 Å². The van der Waals surface area contributed by atoms with E-state index in [0.717, 1.165) is 0 Å². The number of carbonyl (C=O) groups is 1. The highest BCUT2D eigenvalue weighted by atomic mass is 19.1. The van der Waals surface area contributed by atoms with Crippen LogP contribution >= 0.6 is 0 Å². The number of nitrogens with one attached hydrogen (secondary N) is 1. The summed E-state index contributed by atoms with van der Waals surface area (Å²) >= 11 is 0. The molecule has 1 aromatic carbocycles. The third-order valence-electron chi connectivity index (χ3n) is 1.75. The van der Waals surface area contributed by atoms with Crippen molar-refractivity contribution in [3.63, 3.8) is 0 Å². The second-order valence-corrected chi connectivity index (χ2v) is 2.78. The van der Waals surface area contributed by atoms with E-state index < -0.39 is 34.6 Å². The summed E-state index contributed by atoms with van der Waals surface area (Å²) in [5.74, 6) is -5.93. The predicted molar refractivity (Wildman–Crippen MR) is 47.7 cm³/mol.